The zero-order chi connectivity index (χ0) is 14.7. The van der Waals surface area contributed by atoms with Crippen LogP contribution in [0.25, 0.3) is 11.3 Å². The van der Waals surface area contributed by atoms with Crippen molar-refractivity contribution in [2.24, 2.45) is 0 Å². The smallest absolute Gasteiger partial charge is 0.117 e. The Hall–Kier alpha value is -2.33. The Morgan fingerprint density at radius 3 is 2.71 bits per heavy atom. The fourth-order valence-corrected chi connectivity index (χ4v) is 2.34. The fourth-order valence-electron chi connectivity index (χ4n) is 2.16. The first-order valence-electron chi connectivity index (χ1n) is 6.69. The Balaban J connectivity index is 1.81. The van der Waals surface area contributed by atoms with E-state index in [4.69, 9.17) is 11.6 Å². The summed E-state index contributed by atoms with van der Waals surface area (Å²) in [6, 6.07) is 15.9. The molecule has 0 aliphatic rings. The molecule has 0 atom stereocenters. The lowest BCUT2D eigenvalue weighted by atomic mass is 10.1. The molecule has 0 amide bonds. The van der Waals surface area contributed by atoms with Crippen LogP contribution in [-0.4, -0.2) is 15.4 Å². The predicted octanol–water partition coefficient (Wildman–Crippen LogP) is 4.05. The summed E-state index contributed by atoms with van der Waals surface area (Å²) in [4.78, 5) is 0. The number of halogens is 1. The fraction of sp³-hybridized carbons (Fsp3) is 0.125. The second-order valence-electron chi connectivity index (χ2n) is 4.82. The van der Waals surface area contributed by atoms with E-state index in [0.717, 1.165) is 28.2 Å². The molecule has 1 aromatic heterocycles. The molecule has 0 radical (unpaired) electrons. The van der Waals surface area contributed by atoms with Gasteiger partial charge >= 0.3 is 0 Å². The highest BCUT2D eigenvalue weighted by atomic mass is 35.5. The van der Waals surface area contributed by atoms with Crippen molar-refractivity contribution in [2.75, 3.05) is 5.32 Å². The van der Waals surface area contributed by atoms with E-state index in [1.54, 1.807) is 0 Å². The van der Waals surface area contributed by atoms with Crippen molar-refractivity contribution in [1.82, 2.24) is 15.4 Å². The first-order chi connectivity index (χ1) is 10.2. The van der Waals surface area contributed by atoms with Gasteiger partial charge in [0.15, 0.2) is 0 Å². The molecule has 0 fully saturated rings. The normalized spacial score (nSPS) is 10.6. The van der Waals surface area contributed by atoms with Gasteiger partial charge in [0, 0.05) is 5.56 Å². The minimum absolute atomic E-state index is 0.559. The van der Waals surface area contributed by atoms with E-state index >= 15 is 0 Å². The number of aromatic nitrogens is 3. The number of nitrogens with zero attached hydrogens (tertiary/aromatic N) is 2. The summed E-state index contributed by atoms with van der Waals surface area (Å²) in [5.41, 5.74) is 4.81. The molecule has 0 bridgehead atoms. The largest absolute Gasteiger partial charge is 0.378 e. The lowest BCUT2D eigenvalue weighted by Gasteiger charge is -2.08. The molecule has 1 heterocycles. The van der Waals surface area contributed by atoms with Crippen molar-refractivity contribution in [3.05, 3.63) is 64.8 Å². The predicted molar refractivity (Wildman–Crippen MR) is 85.3 cm³/mol. The van der Waals surface area contributed by atoms with Crippen LogP contribution in [0.3, 0.4) is 0 Å². The maximum Gasteiger partial charge on any atom is 0.117 e. The van der Waals surface area contributed by atoms with Gasteiger partial charge in [-0.05, 0) is 24.6 Å². The molecule has 0 aliphatic carbocycles. The molecule has 0 unspecified atom stereocenters. The molecule has 4 nitrogen and oxygen atoms in total. The van der Waals surface area contributed by atoms with Crippen LogP contribution in [0.2, 0.25) is 5.02 Å². The van der Waals surface area contributed by atoms with Crippen molar-refractivity contribution in [3.63, 3.8) is 0 Å². The highest BCUT2D eigenvalue weighted by Gasteiger charge is 2.10. The lowest BCUT2D eigenvalue weighted by molar-refractivity contribution is 0.911. The molecule has 0 spiro atoms. The van der Waals surface area contributed by atoms with Crippen molar-refractivity contribution in [2.45, 2.75) is 13.5 Å². The third-order valence-electron chi connectivity index (χ3n) is 3.24. The van der Waals surface area contributed by atoms with Crippen LogP contribution < -0.4 is 5.32 Å². The highest BCUT2D eigenvalue weighted by molar-refractivity contribution is 6.33. The molecule has 21 heavy (non-hydrogen) atoms. The standard InChI is InChI=1S/C16H15ClN4/c1-11-7-8-13(17)14(9-11)18-10-15-16(20-21-19-15)12-5-3-2-4-6-12/h2-9,18H,10H2,1H3,(H,19,20,21). The summed E-state index contributed by atoms with van der Waals surface area (Å²) >= 11 is 6.19. The van der Waals surface area contributed by atoms with Crippen LogP contribution in [0.1, 0.15) is 11.3 Å². The number of benzene rings is 2. The quantitative estimate of drug-likeness (QED) is 0.764. The third-order valence-corrected chi connectivity index (χ3v) is 3.57. The zero-order valence-electron chi connectivity index (χ0n) is 11.6. The van der Waals surface area contributed by atoms with Crippen LogP contribution in [0.5, 0.6) is 0 Å². The second kappa shape index (κ2) is 5.97. The van der Waals surface area contributed by atoms with Crippen molar-refractivity contribution in [3.8, 4) is 11.3 Å². The number of hydrogen-bond donors (Lipinski definition) is 2. The van der Waals surface area contributed by atoms with Crippen LogP contribution in [0.4, 0.5) is 5.69 Å². The summed E-state index contributed by atoms with van der Waals surface area (Å²) in [5, 5.41) is 15.1. The maximum atomic E-state index is 6.19. The number of hydrogen-bond acceptors (Lipinski definition) is 3. The van der Waals surface area contributed by atoms with E-state index < -0.39 is 0 Å². The molecular weight excluding hydrogens is 284 g/mol. The first-order valence-corrected chi connectivity index (χ1v) is 7.07. The number of nitrogens with one attached hydrogen (secondary N) is 2. The number of rotatable bonds is 4. The van der Waals surface area contributed by atoms with Crippen LogP contribution in [0.15, 0.2) is 48.5 Å². The Morgan fingerprint density at radius 1 is 1.10 bits per heavy atom. The monoisotopic (exact) mass is 298 g/mol. The van der Waals surface area contributed by atoms with E-state index in [9.17, 15) is 0 Å². The number of H-pyrrole nitrogens is 1. The number of aryl methyl sites for hydroxylation is 1. The minimum atomic E-state index is 0.559. The molecule has 2 aromatic carbocycles. The first kappa shape index (κ1) is 13.6. The van der Waals surface area contributed by atoms with Gasteiger partial charge in [-0.25, -0.2) is 0 Å². The number of anilines is 1. The molecule has 0 saturated heterocycles. The van der Waals surface area contributed by atoms with E-state index in [2.05, 4.69) is 20.7 Å². The van der Waals surface area contributed by atoms with E-state index in [1.807, 2.05) is 55.5 Å². The molecular formula is C16H15ClN4. The molecule has 3 rings (SSSR count). The molecule has 0 aliphatic heterocycles. The molecule has 0 saturated carbocycles. The summed E-state index contributed by atoms with van der Waals surface area (Å²) in [6.07, 6.45) is 0. The van der Waals surface area contributed by atoms with Gasteiger partial charge in [0.05, 0.1) is 17.3 Å². The lowest BCUT2D eigenvalue weighted by Crippen LogP contribution is -2.02. The minimum Gasteiger partial charge on any atom is -0.378 e. The van der Waals surface area contributed by atoms with Gasteiger partial charge in [-0.15, -0.1) is 0 Å². The molecule has 106 valence electrons. The van der Waals surface area contributed by atoms with Gasteiger partial charge in [-0.3, -0.25) is 0 Å². The van der Waals surface area contributed by atoms with Crippen molar-refractivity contribution < 1.29 is 0 Å². The molecule has 2 N–H and O–H groups in total. The van der Waals surface area contributed by atoms with Crippen LogP contribution in [-0.2, 0) is 6.54 Å². The van der Waals surface area contributed by atoms with Gasteiger partial charge in [0.25, 0.3) is 0 Å². The summed E-state index contributed by atoms with van der Waals surface area (Å²) in [6.45, 7) is 2.59. The summed E-state index contributed by atoms with van der Waals surface area (Å²) in [7, 11) is 0. The average Bonchev–Trinajstić information content (AvgIpc) is 2.97. The van der Waals surface area contributed by atoms with Gasteiger partial charge in [0.1, 0.15) is 11.4 Å². The van der Waals surface area contributed by atoms with Crippen LogP contribution >= 0.6 is 11.6 Å². The maximum absolute atomic E-state index is 6.19. The Bertz CT molecular complexity index is 737. The SMILES string of the molecule is Cc1ccc(Cl)c(NCc2n[nH]nc2-c2ccccc2)c1. The third kappa shape index (κ3) is 3.06. The summed E-state index contributed by atoms with van der Waals surface area (Å²) in [5.74, 6) is 0. The zero-order valence-corrected chi connectivity index (χ0v) is 12.4. The van der Waals surface area contributed by atoms with Gasteiger partial charge < -0.3 is 5.32 Å². The second-order valence-corrected chi connectivity index (χ2v) is 5.23. The topological polar surface area (TPSA) is 53.6 Å². The molecule has 5 heteroatoms. The van der Waals surface area contributed by atoms with E-state index in [1.165, 1.54) is 0 Å². The van der Waals surface area contributed by atoms with Crippen molar-refractivity contribution in [1.29, 1.82) is 0 Å². The number of aromatic amines is 1. The van der Waals surface area contributed by atoms with E-state index in [0.29, 0.717) is 11.6 Å². The Kier molecular flexibility index (Phi) is 3.88. The Morgan fingerprint density at radius 2 is 1.90 bits per heavy atom. The van der Waals surface area contributed by atoms with Crippen LogP contribution in [0, 0.1) is 6.92 Å². The summed E-state index contributed by atoms with van der Waals surface area (Å²) < 4.78 is 0. The van der Waals surface area contributed by atoms with Gasteiger partial charge in [0.2, 0.25) is 0 Å². The highest BCUT2D eigenvalue weighted by Crippen LogP contribution is 2.25. The average molecular weight is 299 g/mol. The molecule has 3 aromatic rings. The Labute approximate surface area is 128 Å². The van der Waals surface area contributed by atoms with Crippen molar-refractivity contribution >= 4 is 17.3 Å². The van der Waals surface area contributed by atoms with Gasteiger partial charge in [-0.1, -0.05) is 48.0 Å². The van der Waals surface area contributed by atoms with E-state index in [-0.39, 0.29) is 0 Å². The van der Waals surface area contributed by atoms with Gasteiger partial charge in [-0.2, -0.15) is 15.4 Å².